The molecule has 2 aromatic rings. The van der Waals surface area contributed by atoms with Crippen molar-refractivity contribution in [3.05, 3.63) is 36.7 Å². The highest BCUT2D eigenvalue weighted by molar-refractivity contribution is 5.76. The molecule has 2 heterocycles. The summed E-state index contributed by atoms with van der Waals surface area (Å²) in [6.45, 7) is 0.317. The van der Waals surface area contributed by atoms with Gasteiger partial charge in [0.25, 0.3) is 6.43 Å². The van der Waals surface area contributed by atoms with E-state index in [2.05, 4.69) is 10.1 Å². The van der Waals surface area contributed by atoms with E-state index >= 15 is 0 Å². The molecule has 1 unspecified atom stereocenters. The number of alkyl halides is 2. The molecule has 7 heteroatoms. The quantitative estimate of drug-likeness (QED) is 0.870. The fourth-order valence-electron chi connectivity index (χ4n) is 2.85. The first kappa shape index (κ1) is 15.6. The van der Waals surface area contributed by atoms with Gasteiger partial charge in [-0.1, -0.05) is 30.3 Å². The lowest BCUT2D eigenvalue weighted by atomic mass is 10.0. The van der Waals surface area contributed by atoms with Gasteiger partial charge in [-0.25, -0.2) is 18.4 Å². The maximum absolute atomic E-state index is 13.1. The van der Waals surface area contributed by atoms with Gasteiger partial charge in [0.2, 0.25) is 5.91 Å². The molecule has 1 fully saturated rings. The number of carbonyl (C=O) groups is 1. The van der Waals surface area contributed by atoms with Crippen molar-refractivity contribution in [2.75, 3.05) is 6.54 Å². The number of nitrogens with zero attached hydrogens (tertiary/aromatic N) is 4. The minimum Gasteiger partial charge on any atom is -0.332 e. The van der Waals surface area contributed by atoms with Crippen LogP contribution in [0, 0.1) is 0 Å². The first-order valence-electron chi connectivity index (χ1n) is 7.67. The second kappa shape index (κ2) is 6.85. The van der Waals surface area contributed by atoms with Gasteiger partial charge in [0.05, 0.1) is 6.04 Å². The maximum Gasteiger partial charge on any atom is 0.258 e. The van der Waals surface area contributed by atoms with Crippen LogP contribution in [0.1, 0.15) is 19.3 Å². The monoisotopic (exact) mass is 320 g/mol. The molecule has 3 rings (SSSR count). The molecule has 1 aliphatic heterocycles. The fraction of sp³-hybridized carbons (Fsp3) is 0.438. The Morgan fingerprint density at radius 2 is 2.04 bits per heavy atom. The van der Waals surface area contributed by atoms with Crippen LogP contribution in [0.25, 0.3) is 11.4 Å². The molecule has 1 aliphatic rings. The number of aromatic nitrogens is 3. The number of piperidine rings is 1. The number of rotatable bonds is 4. The lowest BCUT2D eigenvalue weighted by Gasteiger charge is -2.35. The molecule has 0 bridgehead atoms. The number of hydrogen-bond acceptors (Lipinski definition) is 3. The smallest absolute Gasteiger partial charge is 0.258 e. The summed E-state index contributed by atoms with van der Waals surface area (Å²) in [6.07, 6.45) is 0.814. The predicted octanol–water partition coefficient (Wildman–Crippen LogP) is 2.59. The van der Waals surface area contributed by atoms with Gasteiger partial charge in [-0.05, 0) is 19.3 Å². The SMILES string of the molecule is O=C(Cn1cnc(-c2ccccc2)n1)N1CCCCC1C(F)F. The number of likely N-dealkylation sites (tertiary alicyclic amines) is 1. The molecule has 1 aromatic heterocycles. The lowest BCUT2D eigenvalue weighted by molar-refractivity contribution is -0.140. The number of benzene rings is 1. The van der Waals surface area contributed by atoms with Crippen molar-refractivity contribution in [2.45, 2.75) is 38.3 Å². The van der Waals surface area contributed by atoms with Gasteiger partial charge in [-0.3, -0.25) is 4.79 Å². The van der Waals surface area contributed by atoms with Gasteiger partial charge < -0.3 is 4.90 Å². The molecule has 122 valence electrons. The van der Waals surface area contributed by atoms with E-state index in [4.69, 9.17) is 0 Å². The Morgan fingerprint density at radius 1 is 1.26 bits per heavy atom. The van der Waals surface area contributed by atoms with Crippen molar-refractivity contribution < 1.29 is 13.6 Å². The molecule has 1 aromatic carbocycles. The van der Waals surface area contributed by atoms with E-state index in [1.165, 1.54) is 15.9 Å². The van der Waals surface area contributed by atoms with Gasteiger partial charge in [0.1, 0.15) is 12.9 Å². The van der Waals surface area contributed by atoms with Crippen molar-refractivity contribution in [1.82, 2.24) is 19.7 Å². The van der Waals surface area contributed by atoms with Crippen LogP contribution in [0.15, 0.2) is 36.7 Å². The van der Waals surface area contributed by atoms with Crippen LogP contribution in [-0.2, 0) is 11.3 Å². The Morgan fingerprint density at radius 3 is 2.78 bits per heavy atom. The molecular formula is C16H18F2N4O. The number of halogens is 2. The second-order valence-electron chi connectivity index (χ2n) is 5.62. The van der Waals surface area contributed by atoms with Crippen LogP contribution in [0.4, 0.5) is 8.78 Å². The number of carbonyl (C=O) groups excluding carboxylic acids is 1. The lowest BCUT2D eigenvalue weighted by Crippen LogP contribution is -2.48. The molecule has 1 atom stereocenters. The topological polar surface area (TPSA) is 51.0 Å². The molecule has 0 N–H and O–H groups in total. The third-order valence-corrected chi connectivity index (χ3v) is 4.03. The van der Waals surface area contributed by atoms with Crippen LogP contribution >= 0.6 is 0 Å². The third kappa shape index (κ3) is 3.55. The molecule has 23 heavy (non-hydrogen) atoms. The summed E-state index contributed by atoms with van der Waals surface area (Å²) < 4.78 is 27.5. The summed E-state index contributed by atoms with van der Waals surface area (Å²) in [5.41, 5.74) is 0.849. The van der Waals surface area contributed by atoms with Crippen LogP contribution in [0.3, 0.4) is 0 Å². The van der Waals surface area contributed by atoms with Crippen molar-refractivity contribution in [2.24, 2.45) is 0 Å². The summed E-state index contributed by atoms with van der Waals surface area (Å²) in [6, 6.07) is 8.42. The molecule has 0 saturated carbocycles. The van der Waals surface area contributed by atoms with Crippen molar-refractivity contribution in [3.63, 3.8) is 0 Å². The Hall–Kier alpha value is -2.31. The highest BCUT2D eigenvalue weighted by Gasteiger charge is 2.33. The van der Waals surface area contributed by atoms with E-state index in [-0.39, 0.29) is 12.5 Å². The molecule has 1 amide bonds. The summed E-state index contributed by atoms with van der Waals surface area (Å²) in [4.78, 5) is 17.8. The normalized spacial score (nSPS) is 18.4. The van der Waals surface area contributed by atoms with Crippen molar-refractivity contribution in [1.29, 1.82) is 0 Å². The van der Waals surface area contributed by atoms with Crippen LogP contribution < -0.4 is 0 Å². The average Bonchev–Trinajstić information content (AvgIpc) is 3.04. The fourth-order valence-corrected chi connectivity index (χ4v) is 2.85. The molecule has 5 nitrogen and oxygen atoms in total. The van der Waals surface area contributed by atoms with E-state index in [0.29, 0.717) is 18.8 Å². The third-order valence-electron chi connectivity index (χ3n) is 4.03. The summed E-state index contributed by atoms with van der Waals surface area (Å²) in [5.74, 6) is 0.182. The zero-order chi connectivity index (χ0) is 16.2. The first-order valence-corrected chi connectivity index (χ1v) is 7.67. The van der Waals surface area contributed by atoms with Crippen molar-refractivity contribution >= 4 is 5.91 Å². The average molecular weight is 320 g/mol. The highest BCUT2D eigenvalue weighted by atomic mass is 19.3. The Kier molecular flexibility index (Phi) is 4.64. The summed E-state index contributed by atoms with van der Waals surface area (Å²) >= 11 is 0. The standard InChI is InChI=1S/C16H18F2N4O/c17-15(18)13-8-4-5-9-22(13)14(23)10-21-11-19-16(20-21)12-6-2-1-3-7-12/h1-3,6-7,11,13,15H,4-5,8-10H2. The highest BCUT2D eigenvalue weighted by Crippen LogP contribution is 2.22. The maximum atomic E-state index is 13.1. The first-order chi connectivity index (χ1) is 11.1. The Bertz CT molecular complexity index is 659. The minimum atomic E-state index is -2.50. The summed E-state index contributed by atoms with van der Waals surface area (Å²) in [7, 11) is 0. The van der Waals surface area contributed by atoms with E-state index in [0.717, 1.165) is 18.4 Å². The summed E-state index contributed by atoms with van der Waals surface area (Å²) in [5, 5.41) is 4.26. The van der Waals surface area contributed by atoms with Crippen molar-refractivity contribution in [3.8, 4) is 11.4 Å². The van der Waals surface area contributed by atoms with Gasteiger partial charge in [0, 0.05) is 12.1 Å². The second-order valence-corrected chi connectivity index (χ2v) is 5.62. The van der Waals surface area contributed by atoms with Gasteiger partial charge in [-0.2, -0.15) is 5.10 Å². The van der Waals surface area contributed by atoms with E-state index in [1.807, 2.05) is 30.3 Å². The van der Waals surface area contributed by atoms with Gasteiger partial charge in [-0.15, -0.1) is 0 Å². The number of amides is 1. The molecule has 1 saturated heterocycles. The van der Waals surface area contributed by atoms with Gasteiger partial charge >= 0.3 is 0 Å². The largest absolute Gasteiger partial charge is 0.332 e. The van der Waals surface area contributed by atoms with E-state index < -0.39 is 12.5 Å². The molecular weight excluding hydrogens is 302 g/mol. The van der Waals surface area contributed by atoms with Crippen LogP contribution in [0.5, 0.6) is 0 Å². The van der Waals surface area contributed by atoms with Crippen LogP contribution in [-0.4, -0.2) is 44.6 Å². The van der Waals surface area contributed by atoms with E-state index in [1.54, 1.807) is 0 Å². The Balaban J connectivity index is 1.69. The zero-order valence-electron chi connectivity index (χ0n) is 12.6. The number of hydrogen-bond donors (Lipinski definition) is 0. The molecule has 0 radical (unpaired) electrons. The predicted molar refractivity (Wildman–Crippen MR) is 80.8 cm³/mol. The Labute approximate surface area is 132 Å². The zero-order valence-corrected chi connectivity index (χ0v) is 12.6. The van der Waals surface area contributed by atoms with Gasteiger partial charge in [0.15, 0.2) is 5.82 Å². The minimum absolute atomic E-state index is 0.0664. The van der Waals surface area contributed by atoms with Crippen LogP contribution in [0.2, 0.25) is 0 Å². The molecule has 0 aliphatic carbocycles. The van der Waals surface area contributed by atoms with E-state index in [9.17, 15) is 13.6 Å². The molecule has 0 spiro atoms.